The van der Waals surface area contributed by atoms with Crippen LogP contribution in [0.15, 0.2) is 46.8 Å². The van der Waals surface area contributed by atoms with Crippen LogP contribution in [0.5, 0.6) is 0 Å². The number of carbonyl (C=O) groups excluding carboxylic acids is 1. The van der Waals surface area contributed by atoms with Gasteiger partial charge >= 0.3 is 0 Å². The number of nitrogens with one attached hydrogen (secondary N) is 1. The summed E-state index contributed by atoms with van der Waals surface area (Å²) in [5, 5.41) is 10.1. The largest absolute Gasteiger partial charge is 0.296 e. The molecule has 0 bridgehead atoms. The number of benzene rings is 2. The Hall–Kier alpha value is -2.39. The summed E-state index contributed by atoms with van der Waals surface area (Å²) >= 11 is 2.43. The van der Waals surface area contributed by atoms with E-state index in [2.05, 4.69) is 15.5 Å². The van der Waals surface area contributed by atoms with Gasteiger partial charge in [0, 0.05) is 5.75 Å². The lowest BCUT2D eigenvalue weighted by molar-refractivity contribution is 0.101. The number of hydrogen-bond acceptors (Lipinski definition) is 5. The monoisotopic (exact) mass is 381 g/mol. The number of thioether (sulfide) groups is 1. The van der Waals surface area contributed by atoms with Crippen LogP contribution >= 0.6 is 23.1 Å². The van der Waals surface area contributed by atoms with Gasteiger partial charge in [0.1, 0.15) is 23.0 Å². The van der Waals surface area contributed by atoms with Crippen molar-refractivity contribution >= 4 is 34.1 Å². The normalized spacial score (nSPS) is 10.7. The summed E-state index contributed by atoms with van der Waals surface area (Å²) in [6.45, 7) is 0. The maximum atomic E-state index is 13.6. The zero-order chi connectivity index (χ0) is 17.8. The van der Waals surface area contributed by atoms with Crippen LogP contribution in [0.4, 0.5) is 18.3 Å². The van der Waals surface area contributed by atoms with Gasteiger partial charge in [0.05, 0.1) is 0 Å². The molecule has 128 valence electrons. The van der Waals surface area contributed by atoms with Gasteiger partial charge in [-0.1, -0.05) is 41.3 Å². The Labute approximate surface area is 149 Å². The quantitative estimate of drug-likeness (QED) is 0.522. The Morgan fingerprint density at radius 2 is 1.72 bits per heavy atom. The zero-order valence-electron chi connectivity index (χ0n) is 12.5. The first-order valence-electron chi connectivity index (χ1n) is 6.99. The highest BCUT2D eigenvalue weighted by Crippen LogP contribution is 2.28. The van der Waals surface area contributed by atoms with E-state index in [9.17, 15) is 18.0 Å². The summed E-state index contributed by atoms with van der Waals surface area (Å²) in [4.78, 5) is 12.0. The van der Waals surface area contributed by atoms with Crippen molar-refractivity contribution in [2.45, 2.75) is 10.1 Å². The fourth-order valence-corrected chi connectivity index (χ4v) is 3.62. The SMILES string of the molecule is O=C(Nc1nnc(SCc2ccc(F)cc2)s1)c1c(F)cccc1F. The van der Waals surface area contributed by atoms with Crippen LogP contribution in [0.25, 0.3) is 0 Å². The topological polar surface area (TPSA) is 54.9 Å². The molecule has 4 nitrogen and oxygen atoms in total. The van der Waals surface area contributed by atoms with Crippen LogP contribution in [0.2, 0.25) is 0 Å². The van der Waals surface area contributed by atoms with E-state index in [0.29, 0.717) is 10.1 Å². The van der Waals surface area contributed by atoms with Crippen molar-refractivity contribution in [3.05, 3.63) is 71.0 Å². The predicted molar refractivity (Wildman–Crippen MR) is 90.2 cm³/mol. The summed E-state index contributed by atoms with van der Waals surface area (Å²) < 4.78 is 40.6. The van der Waals surface area contributed by atoms with E-state index in [0.717, 1.165) is 29.0 Å². The van der Waals surface area contributed by atoms with E-state index in [1.807, 2.05) is 0 Å². The first kappa shape index (κ1) is 17.4. The smallest absolute Gasteiger partial charge is 0.263 e. The summed E-state index contributed by atoms with van der Waals surface area (Å²) in [5.74, 6) is -2.59. The molecule has 0 fully saturated rings. The van der Waals surface area contributed by atoms with E-state index in [-0.39, 0.29) is 10.9 Å². The van der Waals surface area contributed by atoms with Crippen LogP contribution in [0.3, 0.4) is 0 Å². The molecule has 1 N–H and O–H groups in total. The molecule has 1 heterocycles. The standard InChI is InChI=1S/C16H10F3N3OS2/c17-10-6-4-9(5-7-10)8-24-16-22-21-15(25-16)20-14(23)13-11(18)2-1-3-12(13)19/h1-7H,8H2,(H,20,21,23). The third-order valence-electron chi connectivity index (χ3n) is 3.09. The highest BCUT2D eigenvalue weighted by atomic mass is 32.2. The summed E-state index contributed by atoms with van der Waals surface area (Å²) in [7, 11) is 0. The average Bonchev–Trinajstić information content (AvgIpc) is 3.01. The maximum Gasteiger partial charge on any atom is 0.263 e. The molecule has 9 heteroatoms. The van der Waals surface area contributed by atoms with E-state index in [1.165, 1.54) is 30.0 Å². The fraction of sp³-hybridized carbons (Fsp3) is 0.0625. The number of rotatable bonds is 5. The van der Waals surface area contributed by atoms with Gasteiger partial charge in [-0.25, -0.2) is 13.2 Å². The first-order valence-corrected chi connectivity index (χ1v) is 8.79. The van der Waals surface area contributed by atoms with Crippen molar-refractivity contribution < 1.29 is 18.0 Å². The number of carbonyl (C=O) groups is 1. The van der Waals surface area contributed by atoms with Crippen molar-refractivity contribution in [3.8, 4) is 0 Å². The van der Waals surface area contributed by atoms with Gasteiger partial charge in [0.25, 0.3) is 5.91 Å². The molecule has 1 aromatic heterocycles. The van der Waals surface area contributed by atoms with Gasteiger partial charge in [-0.15, -0.1) is 10.2 Å². The summed E-state index contributed by atoms with van der Waals surface area (Å²) in [6, 6.07) is 9.23. The molecule has 0 saturated carbocycles. The van der Waals surface area contributed by atoms with E-state index < -0.39 is 23.1 Å². The lowest BCUT2D eigenvalue weighted by atomic mass is 10.2. The van der Waals surface area contributed by atoms with E-state index >= 15 is 0 Å². The average molecular weight is 381 g/mol. The molecule has 0 saturated heterocycles. The lowest BCUT2D eigenvalue weighted by Gasteiger charge is -2.03. The van der Waals surface area contributed by atoms with Gasteiger partial charge in [-0.05, 0) is 29.8 Å². The fourth-order valence-electron chi connectivity index (χ4n) is 1.92. The van der Waals surface area contributed by atoms with E-state index in [1.54, 1.807) is 12.1 Å². The highest BCUT2D eigenvalue weighted by molar-refractivity contribution is 8.00. The van der Waals surface area contributed by atoms with Gasteiger partial charge < -0.3 is 0 Å². The van der Waals surface area contributed by atoms with Crippen molar-refractivity contribution in [2.24, 2.45) is 0 Å². The minimum Gasteiger partial charge on any atom is -0.296 e. The molecular formula is C16H10F3N3OS2. The minimum atomic E-state index is -0.951. The predicted octanol–water partition coefficient (Wildman–Crippen LogP) is 4.50. The minimum absolute atomic E-state index is 0.134. The van der Waals surface area contributed by atoms with Gasteiger partial charge in [-0.2, -0.15) is 0 Å². The molecule has 2 aromatic carbocycles. The van der Waals surface area contributed by atoms with Crippen LogP contribution < -0.4 is 5.32 Å². The Balaban J connectivity index is 1.63. The molecule has 0 aliphatic rings. The third kappa shape index (κ3) is 4.37. The molecule has 0 atom stereocenters. The molecule has 0 aliphatic heterocycles. The summed E-state index contributed by atoms with van der Waals surface area (Å²) in [5.41, 5.74) is 0.235. The highest BCUT2D eigenvalue weighted by Gasteiger charge is 2.18. The van der Waals surface area contributed by atoms with Gasteiger partial charge in [-0.3, -0.25) is 10.1 Å². The molecule has 0 radical (unpaired) electrons. The van der Waals surface area contributed by atoms with Crippen molar-refractivity contribution in [1.82, 2.24) is 10.2 Å². The number of aromatic nitrogens is 2. The van der Waals surface area contributed by atoms with Crippen molar-refractivity contribution in [1.29, 1.82) is 0 Å². The second-order valence-corrected chi connectivity index (χ2v) is 7.04. The molecule has 1 amide bonds. The second kappa shape index (κ2) is 7.66. The lowest BCUT2D eigenvalue weighted by Crippen LogP contribution is -2.15. The molecule has 3 rings (SSSR count). The van der Waals surface area contributed by atoms with Gasteiger partial charge in [0.2, 0.25) is 5.13 Å². The van der Waals surface area contributed by atoms with Crippen LogP contribution in [-0.4, -0.2) is 16.1 Å². The summed E-state index contributed by atoms with van der Waals surface area (Å²) in [6.07, 6.45) is 0. The number of hydrogen-bond donors (Lipinski definition) is 1. The van der Waals surface area contributed by atoms with Gasteiger partial charge in [0.15, 0.2) is 4.34 Å². The Bertz CT molecular complexity index is 880. The first-order chi connectivity index (χ1) is 12.0. The number of halogens is 3. The number of nitrogens with zero attached hydrogens (tertiary/aromatic N) is 2. The van der Waals surface area contributed by atoms with Crippen LogP contribution in [-0.2, 0) is 5.75 Å². The molecule has 0 spiro atoms. The van der Waals surface area contributed by atoms with E-state index in [4.69, 9.17) is 0 Å². The number of anilines is 1. The maximum absolute atomic E-state index is 13.6. The Morgan fingerprint density at radius 1 is 1.04 bits per heavy atom. The molecule has 0 aliphatic carbocycles. The molecule has 0 unspecified atom stereocenters. The molecular weight excluding hydrogens is 371 g/mol. The Kier molecular flexibility index (Phi) is 5.34. The second-order valence-electron chi connectivity index (χ2n) is 4.84. The van der Waals surface area contributed by atoms with Crippen LogP contribution in [0.1, 0.15) is 15.9 Å². The third-order valence-corrected chi connectivity index (χ3v) is 5.14. The molecule has 25 heavy (non-hydrogen) atoms. The van der Waals surface area contributed by atoms with Crippen molar-refractivity contribution in [3.63, 3.8) is 0 Å². The van der Waals surface area contributed by atoms with Crippen molar-refractivity contribution in [2.75, 3.05) is 5.32 Å². The Morgan fingerprint density at radius 3 is 2.40 bits per heavy atom. The zero-order valence-corrected chi connectivity index (χ0v) is 14.1. The number of amides is 1. The molecule has 3 aromatic rings. The van der Waals surface area contributed by atoms with Crippen LogP contribution in [0, 0.1) is 17.5 Å².